The Hall–Kier alpha value is -1.38. The van der Waals surface area contributed by atoms with Gasteiger partial charge in [-0.15, -0.1) is 0 Å². The van der Waals surface area contributed by atoms with Crippen LogP contribution >= 0.6 is 0 Å². The summed E-state index contributed by atoms with van der Waals surface area (Å²) in [6.07, 6.45) is 7.91. The summed E-state index contributed by atoms with van der Waals surface area (Å²) in [4.78, 5) is 15.8. The normalized spacial score (nSPS) is 10.3. The van der Waals surface area contributed by atoms with Crippen LogP contribution in [0.3, 0.4) is 0 Å². The van der Waals surface area contributed by atoms with Crippen LogP contribution in [-0.2, 0) is 0 Å². The number of hydrogen-bond acceptors (Lipinski definition) is 3. The lowest BCUT2D eigenvalue weighted by Crippen LogP contribution is -2.06. The number of unbranched alkanes of at least 4 members (excludes halogenated alkanes) is 4. The summed E-state index contributed by atoms with van der Waals surface area (Å²) in [6.45, 7) is 2.18. The molecule has 0 aromatic carbocycles. The molecule has 1 aromatic rings. The molecule has 0 aliphatic rings. The third-order valence-corrected chi connectivity index (χ3v) is 2.61. The molecule has 0 radical (unpaired) electrons. The molecule has 0 bridgehead atoms. The van der Waals surface area contributed by atoms with Crippen LogP contribution in [0.1, 0.15) is 55.9 Å². The SMILES string of the molecule is CCCCCCCC(=O)c1ncccc1N. The van der Waals surface area contributed by atoms with Gasteiger partial charge in [-0.1, -0.05) is 32.6 Å². The van der Waals surface area contributed by atoms with Crippen molar-refractivity contribution in [3.05, 3.63) is 24.0 Å². The highest BCUT2D eigenvalue weighted by Gasteiger charge is 2.09. The Morgan fingerprint density at radius 1 is 1.31 bits per heavy atom. The molecule has 3 nitrogen and oxygen atoms in total. The number of carbonyl (C=O) groups excluding carboxylic acids is 1. The number of aromatic nitrogens is 1. The Morgan fingerprint density at radius 3 is 2.75 bits per heavy atom. The zero-order valence-corrected chi connectivity index (χ0v) is 9.91. The van der Waals surface area contributed by atoms with Crippen molar-refractivity contribution in [3.63, 3.8) is 0 Å². The summed E-state index contributed by atoms with van der Waals surface area (Å²) in [5.41, 5.74) is 6.61. The number of pyridine rings is 1. The van der Waals surface area contributed by atoms with Crippen LogP contribution in [0, 0.1) is 0 Å². The van der Waals surface area contributed by atoms with Gasteiger partial charge in [0, 0.05) is 12.6 Å². The Labute approximate surface area is 97.1 Å². The third kappa shape index (κ3) is 4.01. The summed E-state index contributed by atoms with van der Waals surface area (Å²) in [5, 5.41) is 0. The number of nitrogens with zero attached hydrogens (tertiary/aromatic N) is 1. The lowest BCUT2D eigenvalue weighted by molar-refractivity contribution is 0.0975. The van der Waals surface area contributed by atoms with E-state index in [1.807, 2.05) is 0 Å². The lowest BCUT2D eigenvalue weighted by atomic mass is 10.1. The first kappa shape index (κ1) is 12.7. The number of ketones is 1. The molecule has 0 aliphatic carbocycles. The van der Waals surface area contributed by atoms with Crippen LogP contribution in [0.4, 0.5) is 5.69 Å². The molecule has 0 saturated heterocycles. The molecule has 16 heavy (non-hydrogen) atoms. The highest BCUT2D eigenvalue weighted by atomic mass is 16.1. The maximum absolute atomic E-state index is 11.8. The number of carbonyl (C=O) groups is 1. The van der Waals surface area contributed by atoms with Gasteiger partial charge in [0.25, 0.3) is 0 Å². The number of anilines is 1. The Balaban J connectivity index is 2.33. The fourth-order valence-corrected chi connectivity index (χ4v) is 1.66. The van der Waals surface area contributed by atoms with Gasteiger partial charge in [-0.05, 0) is 18.6 Å². The van der Waals surface area contributed by atoms with Crippen LogP contribution in [0.2, 0.25) is 0 Å². The molecular weight excluding hydrogens is 200 g/mol. The quantitative estimate of drug-likeness (QED) is 0.567. The topological polar surface area (TPSA) is 56.0 Å². The fraction of sp³-hybridized carbons (Fsp3) is 0.538. The van der Waals surface area contributed by atoms with Crippen molar-refractivity contribution >= 4 is 11.5 Å². The first-order chi connectivity index (χ1) is 7.75. The van der Waals surface area contributed by atoms with Crippen molar-refractivity contribution in [1.29, 1.82) is 0 Å². The smallest absolute Gasteiger partial charge is 0.183 e. The van der Waals surface area contributed by atoms with E-state index in [1.165, 1.54) is 19.3 Å². The van der Waals surface area contributed by atoms with Crippen LogP contribution in [0.5, 0.6) is 0 Å². The minimum atomic E-state index is 0.0644. The molecule has 0 amide bonds. The van der Waals surface area contributed by atoms with Gasteiger partial charge >= 0.3 is 0 Å². The van der Waals surface area contributed by atoms with E-state index >= 15 is 0 Å². The number of Topliss-reactive ketones (excluding diaryl/α,β-unsaturated/α-hetero) is 1. The summed E-state index contributed by atoms with van der Waals surface area (Å²) in [6, 6.07) is 3.46. The van der Waals surface area contributed by atoms with Crippen molar-refractivity contribution in [2.24, 2.45) is 0 Å². The van der Waals surface area contributed by atoms with Gasteiger partial charge in [0.05, 0.1) is 5.69 Å². The summed E-state index contributed by atoms with van der Waals surface area (Å²) >= 11 is 0. The molecule has 0 atom stereocenters. The molecule has 0 saturated carbocycles. The van der Waals surface area contributed by atoms with Gasteiger partial charge in [-0.3, -0.25) is 9.78 Å². The molecular formula is C13H20N2O. The van der Waals surface area contributed by atoms with Gasteiger partial charge in [0.15, 0.2) is 5.78 Å². The van der Waals surface area contributed by atoms with Gasteiger partial charge in [-0.2, -0.15) is 0 Å². The van der Waals surface area contributed by atoms with E-state index in [2.05, 4.69) is 11.9 Å². The van der Waals surface area contributed by atoms with Crippen LogP contribution < -0.4 is 5.73 Å². The van der Waals surface area contributed by atoms with Crippen molar-refractivity contribution in [2.45, 2.75) is 45.4 Å². The molecule has 0 spiro atoms. The van der Waals surface area contributed by atoms with Gasteiger partial charge in [0.2, 0.25) is 0 Å². The molecule has 2 N–H and O–H groups in total. The number of nitrogen functional groups attached to an aromatic ring is 1. The second-order valence-corrected chi connectivity index (χ2v) is 4.03. The number of rotatable bonds is 7. The molecule has 0 aliphatic heterocycles. The van der Waals surface area contributed by atoms with E-state index in [1.54, 1.807) is 18.3 Å². The van der Waals surface area contributed by atoms with Crippen molar-refractivity contribution in [2.75, 3.05) is 5.73 Å². The monoisotopic (exact) mass is 220 g/mol. The minimum absolute atomic E-state index is 0.0644. The van der Waals surface area contributed by atoms with Crippen molar-refractivity contribution in [1.82, 2.24) is 4.98 Å². The lowest BCUT2D eigenvalue weighted by Gasteiger charge is -2.03. The van der Waals surface area contributed by atoms with Crippen molar-refractivity contribution in [3.8, 4) is 0 Å². The zero-order chi connectivity index (χ0) is 11.8. The van der Waals surface area contributed by atoms with E-state index in [0.29, 0.717) is 17.8 Å². The van der Waals surface area contributed by atoms with E-state index in [4.69, 9.17) is 5.73 Å². The van der Waals surface area contributed by atoms with Crippen LogP contribution in [0.15, 0.2) is 18.3 Å². The van der Waals surface area contributed by atoms with Crippen LogP contribution in [-0.4, -0.2) is 10.8 Å². The summed E-state index contributed by atoms with van der Waals surface area (Å²) in [5.74, 6) is 0.0644. The molecule has 1 aromatic heterocycles. The van der Waals surface area contributed by atoms with E-state index < -0.39 is 0 Å². The van der Waals surface area contributed by atoms with Crippen LogP contribution in [0.25, 0.3) is 0 Å². The Bertz CT molecular complexity index is 336. The fourth-order valence-electron chi connectivity index (χ4n) is 1.66. The van der Waals surface area contributed by atoms with Gasteiger partial charge in [-0.25, -0.2) is 0 Å². The Kier molecular flexibility index (Phi) is 5.54. The van der Waals surface area contributed by atoms with E-state index in [9.17, 15) is 4.79 Å². The van der Waals surface area contributed by atoms with Crippen molar-refractivity contribution < 1.29 is 4.79 Å². The molecule has 0 unspecified atom stereocenters. The van der Waals surface area contributed by atoms with E-state index in [0.717, 1.165) is 12.8 Å². The molecule has 0 fully saturated rings. The molecule has 3 heteroatoms. The molecule has 1 rings (SSSR count). The largest absolute Gasteiger partial charge is 0.397 e. The summed E-state index contributed by atoms with van der Waals surface area (Å²) in [7, 11) is 0. The predicted molar refractivity (Wildman–Crippen MR) is 66.4 cm³/mol. The minimum Gasteiger partial charge on any atom is -0.397 e. The third-order valence-electron chi connectivity index (χ3n) is 2.61. The summed E-state index contributed by atoms with van der Waals surface area (Å²) < 4.78 is 0. The maximum atomic E-state index is 11.8. The highest BCUT2D eigenvalue weighted by Crippen LogP contribution is 2.13. The second-order valence-electron chi connectivity index (χ2n) is 4.03. The first-order valence-corrected chi connectivity index (χ1v) is 5.99. The maximum Gasteiger partial charge on any atom is 0.183 e. The standard InChI is InChI=1S/C13H20N2O/c1-2-3-4-5-6-9-12(16)13-11(14)8-7-10-15-13/h7-8,10H,2-6,9,14H2,1H3. The highest BCUT2D eigenvalue weighted by molar-refractivity contribution is 5.98. The zero-order valence-electron chi connectivity index (χ0n) is 9.91. The first-order valence-electron chi connectivity index (χ1n) is 5.99. The molecule has 88 valence electrons. The van der Waals surface area contributed by atoms with E-state index in [-0.39, 0.29) is 5.78 Å². The van der Waals surface area contributed by atoms with Gasteiger partial charge in [0.1, 0.15) is 5.69 Å². The average molecular weight is 220 g/mol. The second kappa shape index (κ2) is 6.99. The average Bonchev–Trinajstić information content (AvgIpc) is 2.29. The Morgan fingerprint density at radius 2 is 2.06 bits per heavy atom. The predicted octanol–water partition coefficient (Wildman–Crippen LogP) is 3.21. The molecule has 1 heterocycles. The number of hydrogen-bond donors (Lipinski definition) is 1. The van der Waals surface area contributed by atoms with Gasteiger partial charge < -0.3 is 5.73 Å². The number of nitrogens with two attached hydrogens (primary N) is 1.